The first-order valence-electron chi connectivity index (χ1n) is 5.57. The van der Waals surface area contributed by atoms with E-state index in [0.717, 1.165) is 0 Å². The summed E-state index contributed by atoms with van der Waals surface area (Å²) in [6.07, 6.45) is 3.88. The van der Waals surface area contributed by atoms with Crippen molar-refractivity contribution in [3.05, 3.63) is 30.1 Å². The molecular formula is C12H17ClN2O2. The van der Waals surface area contributed by atoms with E-state index < -0.39 is 0 Å². The fourth-order valence-electron chi connectivity index (χ4n) is 1.71. The van der Waals surface area contributed by atoms with Crippen LogP contribution in [0.2, 0.25) is 0 Å². The van der Waals surface area contributed by atoms with Crippen LogP contribution in [0.25, 0.3) is 0 Å². The molecule has 0 unspecified atom stereocenters. The Bertz CT molecular complexity index is 361. The third-order valence-electron chi connectivity index (χ3n) is 2.74. The number of ether oxygens (including phenoxy) is 1. The molecular weight excluding hydrogens is 240 g/mol. The van der Waals surface area contributed by atoms with Crippen LogP contribution in [0.1, 0.15) is 5.56 Å². The number of pyridine rings is 1. The fraction of sp³-hybridized carbons (Fsp3) is 0.500. The molecule has 1 aromatic heterocycles. The lowest BCUT2D eigenvalue weighted by Crippen LogP contribution is -3.00. The van der Waals surface area contributed by atoms with Crippen LogP contribution in [0.15, 0.2) is 24.5 Å². The van der Waals surface area contributed by atoms with E-state index in [1.165, 1.54) is 5.56 Å². The summed E-state index contributed by atoms with van der Waals surface area (Å²) < 4.78 is 7.12. The van der Waals surface area contributed by atoms with Crippen LogP contribution in [0, 0.1) is 6.92 Å². The Balaban J connectivity index is 0.00000144. The number of hydrogen-bond acceptors (Lipinski definition) is 2. The summed E-state index contributed by atoms with van der Waals surface area (Å²) in [5.74, 6) is 0.164. The van der Waals surface area contributed by atoms with E-state index in [1.807, 2.05) is 40.9 Å². The Kier molecular flexibility index (Phi) is 5.38. The van der Waals surface area contributed by atoms with Gasteiger partial charge in [-0.25, -0.2) is 0 Å². The van der Waals surface area contributed by atoms with Crippen LogP contribution >= 0.6 is 0 Å². The molecule has 94 valence electrons. The molecule has 1 amide bonds. The molecule has 0 spiro atoms. The SMILES string of the molecule is Cc1cc[n+](CC(=O)N2CCOCC2)cc1.[Cl-]. The molecule has 0 bridgehead atoms. The minimum atomic E-state index is 0. The number of rotatable bonds is 2. The van der Waals surface area contributed by atoms with Gasteiger partial charge in [-0.3, -0.25) is 4.79 Å². The molecule has 1 aliphatic heterocycles. The fourth-order valence-corrected chi connectivity index (χ4v) is 1.71. The predicted molar refractivity (Wildman–Crippen MR) is 58.8 cm³/mol. The molecule has 5 heteroatoms. The topological polar surface area (TPSA) is 33.4 Å². The summed E-state index contributed by atoms with van der Waals surface area (Å²) in [7, 11) is 0. The quantitative estimate of drug-likeness (QED) is 0.534. The molecule has 1 fully saturated rings. The van der Waals surface area contributed by atoms with Gasteiger partial charge in [-0.2, -0.15) is 4.57 Å². The standard InChI is InChI=1S/C12H17N2O2.ClH/c1-11-2-4-13(5-3-11)10-12(15)14-6-8-16-9-7-14;/h2-5H,6-10H2,1H3;1H/q+1;/p-1. The predicted octanol–water partition coefficient (Wildman–Crippen LogP) is -2.85. The molecule has 1 saturated heterocycles. The van der Waals surface area contributed by atoms with E-state index >= 15 is 0 Å². The summed E-state index contributed by atoms with van der Waals surface area (Å²) in [4.78, 5) is 13.8. The molecule has 17 heavy (non-hydrogen) atoms. The van der Waals surface area contributed by atoms with Crippen LogP contribution in [-0.2, 0) is 16.1 Å². The van der Waals surface area contributed by atoms with Crippen LogP contribution < -0.4 is 17.0 Å². The second-order valence-electron chi connectivity index (χ2n) is 4.04. The maximum absolute atomic E-state index is 11.9. The largest absolute Gasteiger partial charge is 1.00 e. The lowest BCUT2D eigenvalue weighted by atomic mass is 10.3. The zero-order chi connectivity index (χ0) is 11.4. The minimum absolute atomic E-state index is 0. The maximum atomic E-state index is 11.9. The lowest BCUT2D eigenvalue weighted by Gasteiger charge is -2.25. The average Bonchev–Trinajstić information content (AvgIpc) is 2.33. The number of nitrogens with zero attached hydrogens (tertiary/aromatic N) is 2. The highest BCUT2D eigenvalue weighted by Gasteiger charge is 2.19. The number of halogens is 1. The monoisotopic (exact) mass is 256 g/mol. The van der Waals surface area contributed by atoms with Crippen LogP contribution in [-0.4, -0.2) is 37.1 Å². The second-order valence-corrected chi connectivity index (χ2v) is 4.04. The van der Waals surface area contributed by atoms with Crippen LogP contribution in [0.3, 0.4) is 0 Å². The van der Waals surface area contributed by atoms with Gasteiger partial charge in [-0.1, -0.05) is 0 Å². The summed E-state index contributed by atoms with van der Waals surface area (Å²) in [6.45, 7) is 5.19. The zero-order valence-electron chi connectivity index (χ0n) is 9.93. The van der Waals surface area contributed by atoms with Gasteiger partial charge < -0.3 is 22.0 Å². The first kappa shape index (κ1) is 13.9. The van der Waals surface area contributed by atoms with Crippen molar-refractivity contribution in [3.8, 4) is 0 Å². The van der Waals surface area contributed by atoms with Gasteiger partial charge in [0, 0.05) is 25.2 Å². The Morgan fingerprint density at radius 1 is 1.35 bits per heavy atom. The van der Waals surface area contributed by atoms with Gasteiger partial charge in [-0.05, 0) is 12.5 Å². The Hall–Kier alpha value is -1.13. The van der Waals surface area contributed by atoms with Gasteiger partial charge in [-0.15, -0.1) is 0 Å². The molecule has 4 nitrogen and oxygen atoms in total. The number of carbonyl (C=O) groups is 1. The van der Waals surface area contributed by atoms with Gasteiger partial charge in [0.05, 0.1) is 13.2 Å². The summed E-state index contributed by atoms with van der Waals surface area (Å²) in [6, 6.07) is 4.01. The van der Waals surface area contributed by atoms with Gasteiger partial charge in [0.15, 0.2) is 12.4 Å². The molecule has 0 saturated carbocycles. The smallest absolute Gasteiger partial charge is 0.288 e. The first-order valence-corrected chi connectivity index (χ1v) is 5.57. The van der Waals surface area contributed by atoms with E-state index in [2.05, 4.69) is 0 Å². The number of morpholine rings is 1. The van der Waals surface area contributed by atoms with Gasteiger partial charge in [0.25, 0.3) is 5.91 Å². The number of hydrogen-bond donors (Lipinski definition) is 0. The molecule has 2 rings (SSSR count). The molecule has 1 aliphatic rings. The zero-order valence-corrected chi connectivity index (χ0v) is 10.7. The molecule has 0 radical (unpaired) electrons. The van der Waals surface area contributed by atoms with Gasteiger partial charge in [0.1, 0.15) is 0 Å². The number of amides is 1. The highest BCUT2D eigenvalue weighted by molar-refractivity contribution is 5.74. The van der Waals surface area contributed by atoms with Crippen molar-refractivity contribution < 1.29 is 26.5 Å². The first-order chi connectivity index (χ1) is 7.75. The van der Waals surface area contributed by atoms with Crippen molar-refractivity contribution in [3.63, 3.8) is 0 Å². The summed E-state index contributed by atoms with van der Waals surface area (Å²) in [5.41, 5.74) is 1.20. The molecule has 0 N–H and O–H groups in total. The average molecular weight is 257 g/mol. The van der Waals surface area contributed by atoms with Crippen molar-refractivity contribution >= 4 is 5.91 Å². The van der Waals surface area contributed by atoms with Crippen molar-refractivity contribution in [1.82, 2.24) is 4.90 Å². The van der Waals surface area contributed by atoms with E-state index in [-0.39, 0.29) is 18.3 Å². The highest BCUT2D eigenvalue weighted by Crippen LogP contribution is 1.97. The molecule has 0 aliphatic carbocycles. The van der Waals surface area contributed by atoms with Crippen LogP contribution in [0.4, 0.5) is 0 Å². The third-order valence-corrected chi connectivity index (χ3v) is 2.74. The van der Waals surface area contributed by atoms with Crippen molar-refractivity contribution in [2.45, 2.75) is 13.5 Å². The van der Waals surface area contributed by atoms with Crippen molar-refractivity contribution in [2.75, 3.05) is 26.3 Å². The summed E-state index contributed by atoms with van der Waals surface area (Å²) >= 11 is 0. The van der Waals surface area contributed by atoms with E-state index in [9.17, 15) is 4.79 Å². The van der Waals surface area contributed by atoms with E-state index in [4.69, 9.17) is 4.74 Å². The van der Waals surface area contributed by atoms with Crippen LogP contribution in [0.5, 0.6) is 0 Å². The molecule has 0 atom stereocenters. The van der Waals surface area contributed by atoms with Gasteiger partial charge in [0.2, 0.25) is 6.54 Å². The second kappa shape index (κ2) is 6.57. The Morgan fingerprint density at radius 3 is 2.53 bits per heavy atom. The maximum Gasteiger partial charge on any atom is 0.288 e. The molecule has 1 aromatic rings. The number of aryl methyl sites for hydroxylation is 1. The minimum Gasteiger partial charge on any atom is -1.00 e. The van der Waals surface area contributed by atoms with Crippen molar-refractivity contribution in [1.29, 1.82) is 0 Å². The Labute approximate surface area is 108 Å². The molecule has 0 aromatic carbocycles. The van der Waals surface area contributed by atoms with Gasteiger partial charge >= 0.3 is 0 Å². The number of aromatic nitrogens is 1. The Morgan fingerprint density at radius 2 is 1.94 bits per heavy atom. The number of carbonyl (C=O) groups excluding carboxylic acids is 1. The third kappa shape index (κ3) is 3.98. The summed E-state index contributed by atoms with van der Waals surface area (Å²) in [5, 5.41) is 0. The van der Waals surface area contributed by atoms with E-state index in [1.54, 1.807) is 0 Å². The normalized spacial score (nSPS) is 15.2. The lowest BCUT2D eigenvalue weighted by molar-refractivity contribution is -0.685. The highest BCUT2D eigenvalue weighted by atomic mass is 35.5. The van der Waals surface area contributed by atoms with E-state index in [0.29, 0.717) is 32.8 Å². The molecule has 2 heterocycles. The van der Waals surface area contributed by atoms with Crippen molar-refractivity contribution in [2.24, 2.45) is 0 Å².